The Kier molecular flexibility index (Phi) is 5.29. The van der Waals surface area contributed by atoms with E-state index < -0.39 is 0 Å². The molecular formula is C19H27NO4. The number of benzene rings is 1. The molecule has 24 heavy (non-hydrogen) atoms. The van der Waals surface area contributed by atoms with E-state index in [0.717, 1.165) is 30.9 Å². The number of methoxy groups -OCH3 is 2. The molecule has 0 N–H and O–H groups in total. The summed E-state index contributed by atoms with van der Waals surface area (Å²) in [6.07, 6.45) is 4.13. The van der Waals surface area contributed by atoms with Crippen molar-refractivity contribution in [1.29, 1.82) is 0 Å². The first kappa shape index (κ1) is 17.1. The minimum atomic E-state index is 0.0979. The predicted octanol–water partition coefficient (Wildman–Crippen LogP) is 2.97. The Bertz CT molecular complexity index is 597. The number of ether oxygens (including phenoxy) is 3. The van der Waals surface area contributed by atoms with Gasteiger partial charge in [0.25, 0.3) is 0 Å². The van der Waals surface area contributed by atoms with Gasteiger partial charge >= 0.3 is 0 Å². The van der Waals surface area contributed by atoms with Crippen molar-refractivity contribution in [2.45, 2.75) is 38.6 Å². The van der Waals surface area contributed by atoms with Gasteiger partial charge < -0.3 is 19.1 Å². The third-order valence-electron chi connectivity index (χ3n) is 4.88. The molecule has 1 unspecified atom stereocenters. The van der Waals surface area contributed by atoms with Crippen LogP contribution in [-0.4, -0.2) is 44.8 Å². The third-order valence-corrected chi connectivity index (χ3v) is 4.88. The zero-order valence-corrected chi connectivity index (χ0v) is 14.8. The lowest BCUT2D eigenvalue weighted by Crippen LogP contribution is -2.42. The quantitative estimate of drug-likeness (QED) is 0.720. The van der Waals surface area contributed by atoms with Gasteiger partial charge in [-0.05, 0) is 54.9 Å². The first-order valence-corrected chi connectivity index (χ1v) is 8.81. The van der Waals surface area contributed by atoms with E-state index in [-0.39, 0.29) is 18.6 Å². The number of hydrogen-bond donors (Lipinski definition) is 0. The molecule has 1 amide bonds. The largest absolute Gasteiger partial charge is 0.493 e. The zero-order valence-electron chi connectivity index (χ0n) is 14.8. The molecule has 132 valence electrons. The van der Waals surface area contributed by atoms with E-state index in [0.29, 0.717) is 12.5 Å². The molecule has 3 rings (SSSR count). The average molecular weight is 333 g/mol. The summed E-state index contributed by atoms with van der Waals surface area (Å²) in [6.45, 7) is 3.61. The molecular weight excluding hydrogens is 306 g/mol. The topological polar surface area (TPSA) is 48.0 Å². The number of carbonyl (C=O) groups excluding carboxylic acids is 1. The number of hydrogen-bond acceptors (Lipinski definition) is 4. The molecule has 0 aromatic heterocycles. The Labute approximate surface area is 143 Å². The molecule has 0 radical (unpaired) electrons. The van der Waals surface area contributed by atoms with Gasteiger partial charge in [0.15, 0.2) is 11.5 Å². The van der Waals surface area contributed by atoms with E-state index in [1.54, 1.807) is 14.2 Å². The number of nitrogens with zero attached hydrogens (tertiary/aromatic N) is 1. The number of rotatable bonds is 7. The van der Waals surface area contributed by atoms with Gasteiger partial charge in [0.1, 0.15) is 6.61 Å². The van der Waals surface area contributed by atoms with Crippen LogP contribution in [0.3, 0.4) is 0 Å². The Hall–Kier alpha value is -1.75. The van der Waals surface area contributed by atoms with Crippen LogP contribution in [0.25, 0.3) is 0 Å². The van der Waals surface area contributed by atoms with E-state index >= 15 is 0 Å². The molecule has 5 nitrogen and oxygen atoms in total. The Morgan fingerprint density at radius 1 is 1.21 bits per heavy atom. The van der Waals surface area contributed by atoms with Gasteiger partial charge in [-0.3, -0.25) is 4.79 Å². The Morgan fingerprint density at radius 2 is 1.92 bits per heavy atom. The smallest absolute Gasteiger partial charge is 0.249 e. The summed E-state index contributed by atoms with van der Waals surface area (Å²) in [4.78, 5) is 14.7. The predicted molar refractivity (Wildman–Crippen MR) is 91.5 cm³/mol. The van der Waals surface area contributed by atoms with Gasteiger partial charge in [-0.2, -0.15) is 0 Å². The minimum absolute atomic E-state index is 0.0979. The molecule has 0 bridgehead atoms. The van der Waals surface area contributed by atoms with Crippen molar-refractivity contribution >= 4 is 5.91 Å². The van der Waals surface area contributed by atoms with Crippen LogP contribution in [0.4, 0.5) is 0 Å². The molecule has 0 saturated heterocycles. The van der Waals surface area contributed by atoms with Gasteiger partial charge in [-0.25, -0.2) is 0 Å². The molecule has 2 aliphatic rings. The van der Waals surface area contributed by atoms with Crippen molar-refractivity contribution in [2.75, 3.05) is 34.0 Å². The maximum atomic E-state index is 12.6. The first-order chi connectivity index (χ1) is 11.7. The number of fused-ring (bicyclic) bond motifs is 1. The summed E-state index contributed by atoms with van der Waals surface area (Å²) >= 11 is 0. The monoisotopic (exact) mass is 333 g/mol. The fraction of sp³-hybridized carbons (Fsp3) is 0.632. The molecule has 1 fully saturated rings. The molecule has 1 heterocycles. The lowest BCUT2D eigenvalue weighted by Gasteiger charge is -2.38. The first-order valence-electron chi connectivity index (χ1n) is 8.81. The van der Waals surface area contributed by atoms with Crippen molar-refractivity contribution in [1.82, 2.24) is 4.90 Å². The van der Waals surface area contributed by atoms with Crippen LogP contribution < -0.4 is 9.47 Å². The molecule has 5 heteroatoms. The highest BCUT2D eigenvalue weighted by molar-refractivity contribution is 5.78. The average Bonchev–Trinajstić information content (AvgIpc) is 3.44. The van der Waals surface area contributed by atoms with Crippen molar-refractivity contribution in [3.8, 4) is 11.5 Å². The van der Waals surface area contributed by atoms with Crippen LogP contribution in [0.1, 0.15) is 43.4 Å². The zero-order chi connectivity index (χ0) is 17.1. The molecule has 1 aliphatic carbocycles. The molecule has 1 atom stereocenters. The summed E-state index contributed by atoms with van der Waals surface area (Å²) < 4.78 is 16.4. The van der Waals surface area contributed by atoms with E-state index in [1.807, 2.05) is 11.8 Å². The second kappa shape index (κ2) is 7.43. The third kappa shape index (κ3) is 3.36. The van der Waals surface area contributed by atoms with Crippen molar-refractivity contribution in [3.05, 3.63) is 23.3 Å². The molecule has 1 saturated carbocycles. The lowest BCUT2D eigenvalue weighted by molar-refractivity contribution is -0.139. The minimum Gasteiger partial charge on any atom is -0.493 e. The maximum absolute atomic E-state index is 12.6. The number of amides is 1. The van der Waals surface area contributed by atoms with Gasteiger partial charge in [0, 0.05) is 13.2 Å². The van der Waals surface area contributed by atoms with E-state index in [4.69, 9.17) is 14.2 Å². The van der Waals surface area contributed by atoms with Crippen LogP contribution in [0.5, 0.6) is 11.5 Å². The SMILES string of the molecule is CCCOCC(=O)N1CCc2cc(OC)c(OC)cc2C1C1CC1. The van der Waals surface area contributed by atoms with Gasteiger partial charge in [0.05, 0.1) is 20.3 Å². The highest BCUT2D eigenvalue weighted by Gasteiger charge is 2.41. The summed E-state index contributed by atoms with van der Waals surface area (Å²) in [6, 6.07) is 4.27. The Balaban J connectivity index is 1.87. The Morgan fingerprint density at radius 3 is 2.54 bits per heavy atom. The maximum Gasteiger partial charge on any atom is 0.249 e. The van der Waals surface area contributed by atoms with Crippen LogP contribution in [0, 0.1) is 5.92 Å². The van der Waals surface area contributed by atoms with Crippen molar-refractivity contribution in [2.24, 2.45) is 5.92 Å². The summed E-state index contributed by atoms with van der Waals surface area (Å²) in [5.41, 5.74) is 2.48. The highest BCUT2D eigenvalue weighted by atomic mass is 16.5. The molecule has 1 aliphatic heterocycles. The van der Waals surface area contributed by atoms with Gasteiger partial charge in [-0.15, -0.1) is 0 Å². The highest BCUT2D eigenvalue weighted by Crippen LogP contribution is 2.49. The van der Waals surface area contributed by atoms with E-state index in [9.17, 15) is 4.79 Å². The second-order valence-electron chi connectivity index (χ2n) is 6.58. The van der Waals surface area contributed by atoms with E-state index in [1.165, 1.54) is 24.0 Å². The van der Waals surface area contributed by atoms with Gasteiger partial charge in [0.2, 0.25) is 5.91 Å². The number of carbonyl (C=O) groups is 1. The summed E-state index contributed by atoms with van der Waals surface area (Å²) in [7, 11) is 3.31. The standard InChI is InChI=1S/C19H27NO4/c1-4-9-24-12-18(21)20-8-7-14-10-16(22-2)17(23-3)11-15(14)19(20)13-5-6-13/h10-11,13,19H,4-9,12H2,1-3H3. The fourth-order valence-electron chi connectivity index (χ4n) is 3.56. The van der Waals surface area contributed by atoms with Crippen LogP contribution in [-0.2, 0) is 16.0 Å². The lowest BCUT2D eigenvalue weighted by atomic mass is 9.89. The van der Waals surface area contributed by atoms with Crippen LogP contribution in [0.2, 0.25) is 0 Å². The van der Waals surface area contributed by atoms with E-state index in [2.05, 4.69) is 12.1 Å². The molecule has 0 spiro atoms. The second-order valence-corrected chi connectivity index (χ2v) is 6.58. The van der Waals surface area contributed by atoms with Gasteiger partial charge in [-0.1, -0.05) is 6.92 Å². The molecule has 1 aromatic rings. The van der Waals surface area contributed by atoms with Crippen LogP contribution >= 0.6 is 0 Å². The van der Waals surface area contributed by atoms with Crippen LogP contribution in [0.15, 0.2) is 12.1 Å². The summed E-state index contributed by atoms with van der Waals surface area (Å²) in [5.74, 6) is 2.15. The van der Waals surface area contributed by atoms with Crippen molar-refractivity contribution in [3.63, 3.8) is 0 Å². The normalized spacial score (nSPS) is 19.8. The molecule has 1 aromatic carbocycles. The summed E-state index contributed by atoms with van der Waals surface area (Å²) in [5, 5.41) is 0. The van der Waals surface area contributed by atoms with Crippen molar-refractivity contribution < 1.29 is 19.0 Å². The fourth-order valence-corrected chi connectivity index (χ4v) is 3.56.